The quantitative estimate of drug-likeness (QED) is 0.705. The molecular weight excluding hydrogens is 210 g/mol. The molecule has 0 aliphatic carbocycles. The predicted octanol–water partition coefficient (Wildman–Crippen LogP) is 3.25. The minimum Gasteiger partial charge on any atom is -0.396 e. The molecule has 17 heavy (non-hydrogen) atoms. The lowest BCUT2D eigenvalue weighted by Gasteiger charge is -2.01. The first-order chi connectivity index (χ1) is 8.40. The molecule has 0 saturated heterocycles. The van der Waals surface area contributed by atoms with Crippen LogP contribution in [0.15, 0.2) is 42.6 Å². The van der Waals surface area contributed by atoms with Gasteiger partial charge in [-0.25, -0.2) is 0 Å². The van der Waals surface area contributed by atoms with Gasteiger partial charge in [-0.05, 0) is 23.8 Å². The van der Waals surface area contributed by atoms with Gasteiger partial charge in [0.15, 0.2) is 0 Å². The number of H-pyrrole nitrogens is 1. The standard InChI is InChI=1S/C15H15NO/c17-9-3-5-12-10-16-15-13-6-2-1-4-11(13)7-8-14(12)15/h1-2,4,6-8,10,16-17H,3,5,9H2. The van der Waals surface area contributed by atoms with E-state index >= 15 is 0 Å². The summed E-state index contributed by atoms with van der Waals surface area (Å²) in [5, 5.41) is 12.7. The molecule has 0 aliphatic heterocycles. The Hall–Kier alpha value is -1.80. The van der Waals surface area contributed by atoms with Crippen molar-refractivity contribution < 1.29 is 5.11 Å². The van der Waals surface area contributed by atoms with E-state index in [9.17, 15) is 0 Å². The van der Waals surface area contributed by atoms with Crippen LogP contribution in [0.1, 0.15) is 12.0 Å². The Morgan fingerprint density at radius 1 is 1.00 bits per heavy atom. The van der Waals surface area contributed by atoms with Crippen molar-refractivity contribution in [3.8, 4) is 0 Å². The Labute approximate surface area is 99.9 Å². The maximum absolute atomic E-state index is 8.90. The van der Waals surface area contributed by atoms with E-state index in [2.05, 4.69) is 47.6 Å². The van der Waals surface area contributed by atoms with E-state index in [1.165, 1.54) is 27.2 Å². The lowest BCUT2D eigenvalue weighted by atomic mass is 10.0. The van der Waals surface area contributed by atoms with Crippen molar-refractivity contribution in [2.75, 3.05) is 6.61 Å². The van der Waals surface area contributed by atoms with E-state index in [-0.39, 0.29) is 6.61 Å². The van der Waals surface area contributed by atoms with Crippen molar-refractivity contribution >= 4 is 21.7 Å². The molecule has 0 saturated carbocycles. The molecule has 2 heteroatoms. The van der Waals surface area contributed by atoms with Crippen molar-refractivity contribution in [1.82, 2.24) is 4.98 Å². The van der Waals surface area contributed by atoms with Crippen LogP contribution in [-0.4, -0.2) is 16.7 Å². The number of hydrogen-bond acceptors (Lipinski definition) is 1. The zero-order valence-electron chi connectivity index (χ0n) is 9.61. The van der Waals surface area contributed by atoms with Crippen LogP contribution in [0.2, 0.25) is 0 Å². The van der Waals surface area contributed by atoms with Gasteiger partial charge in [-0.2, -0.15) is 0 Å². The second-order valence-electron chi connectivity index (χ2n) is 4.35. The van der Waals surface area contributed by atoms with Crippen molar-refractivity contribution in [1.29, 1.82) is 0 Å². The molecule has 1 heterocycles. The summed E-state index contributed by atoms with van der Waals surface area (Å²) in [6, 6.07) is 12.7. The topological polar surface area (TPSA) is 36.0 Å². The van der Waals surface area contributed by atoms with Crippen molar-refractivity contribution in [3.05, 3.63) is 48.2 Å². The molecule has 0 amide bonds. The van der Waals surface area contributed by atoms with Gasteiger partial charge in [-0.1, -0.05) is 36.4 Å². The normalized spacial score (nSPS) is 11.4. The fourth-order valence-corrected chi connectivity index (χ4v) is 2.41. The third-order valence-electron chi connectivity index (χ3n) is 3.27. The summed E-state index contributed by atoms with van der Waals surface area (Å²) in [7, 11) is 0. The third-order valence-corrected chi connectivity index (χ3v) is 3.27. The number of aromatic amines is 1. The van der Waals surface area contributed by atoms with Gasteiger partial charge in [0.05, 0.1) is 5.52 Å². The summed E-state index contributed by atoms with van der Waals surface area (Å²) in [5.41, 5.74) is 2.50. The molecule has 3 aromatic rings. The molecule has 0 unspecified atom stereocenters. The number of nitrogens with one attached hydrogen (secondary N) is 1. The Kier molecular flexibility index (Phi) is 2.57. The lowest BCUT2D eigenvalue weighted by molar-refractivity contribution is 0.289. The molecule has 0 radical (unpaired) electrons. The van der Waals surface area contributed by atoms with Crippen LogP contribution in [0, 0.1) is 0 Å². The zero-order chi connectivity index (χ0) is 11.7. The van der Waals surface area contributed by atoms with E-state index in [0.717, 1.165) is 12.8 Å². The maximum atomic E-state index is 8.90. The van der Waals surface area contributed by atoms with Gasteiger partial charge in [-0.3, -0.25) is 0 Å². The van der Waals surface area contributed by atoms with Crippen LogP contribution < -0.4 is 0 Å². The summed E-state index contributed by atoms with van der Waals surface area (Å²) in [4.78, 5) is 3.36. The van der Waals surface area contributed by atoms with E-state index in [0.29, 0.717) is 0 Å². The van der Waals surface area contributed by atoms with Gasteiger partial charge in [0, 0.05) is 23.6 Å². The minimum absolute atomic E-state index is 0.250. The number of aliphatic hydroxyl groups excluding tert-OH is 1. The molecule has 2 nitrogen and oxygen atoms in total. The summed E-state index contributed by atoms with van der Waals surface area (Å²) in [6.45, 7) is 0.250. The highest BCUT2D eigenvalue weighted by molar-refractivity contribution is 6.06. The van der Waals surface area contributed by atoms with Crippen LogP contribution in [0.4, 0.5) is 0 Å². The van der Waals surface area contributed by atoms with Crippen LogP contribution in [0.3, 0.4) is 0 Å². The maximum Gasteiger partial charge on any atom is 0.0536 e. The first-order valence-electron chi connectivity index (χ1n) is 5.99. The van der Waals surface area contributed by atoms with Gasteiger partial charge in [-0.15, -0.1) is 0 Å². The average Bonchev–Trinajstić information content (AvgIpc) is 2.80. The lowest BCUT2D eigenvalue weighted by Crippen LogP contribution is -1.87. The predicted molar refractivity (Wildman–Crippen MR) is 71.2 cm³/mol. The minimum atomic E-state index is 0.250. The highest BCUT2D eigenvalue weighted by Gasteiger charge is 2.06. The molecule has 2 aromatic carbocycles. The van der Waals surface area contributed by atoms with Gasteiger partial charge in [0.2, 0.25) is 0 Å². The summed E-state index contributed by atoms with van der Waals surface area (Å²) in [5.74, 6) is 0. The van der Waals surface area contributed by atoms with Crippen LogP contribution >= 0.6 is 0 Å². The Balaban J connectivity index is 2.20. The van der Waals surface area contributed by atoms with Gasteiger partial charge >= 0.3 is 0 Å². The molecule has 86 valence electrons. The van der Waals surface area contributed by atoms with Crippen molar-refractivity contribution in [2.24, 2.45) is 0 Å². The Morgan fingerprint density at radius 3 is 2.76 bits per heavy atom. The molecule has 2 N–H and O–H groups in total. The average molecular weight is 225 g/mol. The fourth-order valence-electron chi connectivity index (χ4n) is 2.41. The van der Waals surface area contributed by atoms with Gasteiger partial charge < -0.3 is 10.1 Å². The van der Waals surface area contributed by atoms with E-state index in [1.54, 1.807) is 0 Å². The SMILES string of the molecule is OCCCc1c[nH]c2c1ccc1ccccc12. The number of benzene rings is 2. The number of hydrogen-bond donors (Lipinski definition) is 2. The van der Waals surface area contributed by atoms with Gasteiger partial charge in [0.1, 0.15) is 0 Å². The summed E-state index contributed by atoms with van der Waals surface area (Å²) < 4.78 is 0. The third kappa shape index (κ3) is 1.71. The van der Waals surface area contributed by atoms with Gasteiger partial charge in [0.25, 0.3) is 0 Å². The Bertz CT molecular complexity index is 654. The first kappa shape index (κ1) is 10.4. The molecule has 0 atom stereocenters. The second kappa shape index (κ2) is 4.22. The van der Waals surface area contributed by atoms with Crippen molar-refractivity contribution in [2.45, 2.75) is 12.8 Å². The number of aryl methyl sites for hydroxylation is 1. The first-order valence-corrected chi connectivity index (χ1v) is 5.99. The van der Waals surface area contributed by atoms with Crippen LogP contribution in [0.25, 0.3) is 21.7 Å². The highest BCUT2D eigenvalue weighted by Crippen LogP contribution is 2.27. The summed E-state index contributed by atoms with van der Waals surface area (Å²) >= 11 is 0. The zero-order valence-corrected chi connectivity index (χ0v) is 9.61. The largest absolute Gasteiger partial charge is 0.396 e. The Morgan fingerprint density at radius 2 is 1.88 bits per heavy atom. The molecule has 0 aliphatic rings. The van der Waals surface area contributed by atoms with E-state index < -0.39 is 0 Å². The summed E-state index contributed by atoms with van der Waals surface area (Å²) in [6.07, 6.45) is 3.81. The molecule has 1 aromatic heterocycles. The van der Waals surface area contributed by atoms with Crippen LogP contribution in [-0.2, 0) is 6.42 Å². The van der Waals surface area contributed by atoms with E-state index in [4.69, 9.17) is 5.11 Å². The number of rotatable bonds is 3. The van der Waals surface area contributed by atoms with Crippen LogP contribution in [0.5, 0.6) is 0 Å². The molecule has 0 bridgehead atoms. The monoisotopic (exact) mass is 225 g/mol. The van der Waals surface area contributed by atoms with E-state index in [1.807, 2.05) is 0 Å². The smallest absolute Gasteiger partial charge is 0.0536 e. The molecular formula is C15H15NO. The number of aromatic nitrogens is 1. The number of aliphatic hydroxyl groups is 1. The molecule has 0 spiro atoms. The number of fused-ring (bicyclic) bond motifs is 3. The molecule has 0 fully saturated rings. The fraction of sp³-hybridized carbons (Fsp3) is 0.200. The second-order valence-corrected chi connectivity index (χ2v) is 4.35. The molecule has 3 rings (SSSR count). The van der Waals surface area contributed by atoms with Crippen molar-refractivity contribution in [3.63, 3.8) is 0 Å². The highest BCUT2D eigenvalue weighted by atomic mass is 16.2.